The maximum atomic E-state index is 13.2. The number of nitrogens with one attached hydrogen (secondary N) is 1. The van der Waals surface area contributed by atoms with E-state index in [9.17, 15) is 9.59 Å². The Hall–Kier alpha value is -2.73. The van der Waals surface area contributed by atoms with Gasteiger partial charge in [-0.1, -0.05) is 30.7 Å². The highest BCUT2D eigenvalue weighted by Gasteiger charge is 2.28. The number of benzene rings is 2. The maximum absolute atomic E-state index is 13.2. The zero-order chi connectivity index (χ0) is 23.0. The highest BCUT2D eigenvalue weighted by molar-refractivity contribution is 6.32. The molecule has 0 radical (unpaired) electrons. The Kier molecular flexibility index (Phi) is 9.19. The Labute approximate surface area is 189 Å². The highest BCUT2D eigenvalue weighted by atomic mass is 35.5. The largest absolute Gasteiger partial charge is 0.497 e. The number of hydrogen-bond donors (Lipinski definition) is 1. The standard InChI is InChI=1S/C24H31ClN2O4/c1-6-21(24(29)26-7-2)27(14-18-8-10-19(30-5)11-9-18)22(28)15-31-20-12-16(3)23(25)17(4)13-20/h8-13,21H,6-7,14-15H2,1-5H3,(H,26,29)/t21-/m0/s1. The van der Waals surface area contributed by atoms with Crippen molar-refractivity contribution in [3.63, 3.8) is 0 Å². The van der Waals surface area contributed by atoms with Crippen molar-refractivity contribution < 1.29 is 19.1 Å². The Morgan fingerprint density at radius 1 is 1.06 bits per heavy atom. The van der Waals surface area contributed by atoms with E-state index in [1.54, 1.807) is 24.1 Å². The molecule has 0 aliphatic carbocycles. The van der Waals surface area contributed by atoms with Gasteiger partial charge in [0.1, 0.15) is 17.5 Å². The number of carbonyl (C=O) groups excluding carboxylic acids is 2. The van der Waals surface area contributed by atoms with Crippen molar-refractivity contribution in [3.05, 3.63) is 58.1 Å². The Morgan fingerprint density at radius 2 is 1.68 bits per heavy atom. The number of hydrogen-bond acceptors (Lipinski definition) is 4. The molecule has 0 saturated heterocycles. The molecule has 31 heavy (non-hydrogen) atoms. The number of likely N-dealkylation sites (N-methyl/N-ethyl adjacent to an activating group) is 1. The van der Waals surface area contributed by atoms with E-state index in [2.05, 4.69) is 5.32 Å². The molecule has 1 N–H and O–H groups in total. The fourth-order valence-corrected chi connectivity index (χ4v) is 3.47. The van der Waals surface area contributed by atoms with Gasteiger partial charge in [0.05, 0.1) is 7.11 Å². The van der Waals surface area contributed by atoms with Gasteiger partial charge in [-0.15, -0.1) is 0 Å². The summed E-state index contributed by atoms with van der Waals surface area (Å²) >= 11 is 6.22. The summed E-state index contributed by atoms with van der Waals surface area (Å²) in [6, 6.07) is 10.5. The average molecular weight is 447 g/mol. The molecule has 0 saturated carbocycles. The molecule has 2 rings (SSSR count). The van der Waals surface area contributed by atoms with Gasteiger partial charge in [0.2, 0.25) is 5.91 Å². The van der Waals surface area contributed by atoms with Gasteiger partial charge in [0.25, 0.3) is 5.91 Å². The molecular formula is C24H31ClN2O4. The van der Waals surface area contributed by atoms with Crippen LogP contribution in [0.3, 0.4) is 0 Å². The molecule has 0 unspecified atom stereocenters. The Bertz CT molecular complexity index is 876. The molecule has 0 aliphatic rings. The third-order valence-electron chi connectivity index (χ3n) is 5.02. The van der Waals surface area contributed by atoms with Crippen molar-refractivity contribution in [2.75, 3.05) is 20.3 Å². The van der Waals surface area contributed by atoms with E-state index < -0.39 is 6.04 Å². The van der Waals surface area contributed by atoms with Crippen LogP contribution in [0.1, 0.15) is 37.0 Å². The first-order valence-corrected chi connectivity index (χ1v) is 10.8. The quantitative estimate of drug-likeness (QED) is 0.591. The first-order valence-electron chi connectivity index (χ1n) is 10.4. The summed E-state index contributed by atoms with van der Waals surface area (Å²) in [6.45, 7) is 8.15. The summed E-state index contributed by atoms with van der Waals surface area (Å²) in [5.41, 5.74) is 2.66. The predicted octanol–water partition coefficient (Wildman–Crippen LogP) is 4.29. The molecule has 0 spiro atoms. The number of nitrogens with zero attached hydrogens (tertiary/aromatic N) is 1. The summed E-state index contributed by atoms with van der Waals surface area (Å²) in [5.74, 6) is 0.863. The van der Waals surface area contributed by atoms with Gasteiger partial charge in [0.15, 0.2) is 6.61 Å². The number of methoxy groups -OCH3 is 1. The second kappa shape index (κ2) is 11.6. The zero-order valence-electron chi connectivity index (χ0n) is 18.8. The number of aryl methyl sites for hydroxylation is 2. The van der Waals surface area contributed by atoms with E-state index in [0.717, 1.165) is 22.4 Å². The van der Waals surface area contributed by atoms with E-state index in [-0.39, 0.29) is 18.4 Å². The molecule has 2 amide bonds. The molecular weight excluding hydrogens is 416 g/mol. The number of rotatable bonds is 10. The summed E-state index contributed by atoms with van der Waals surface area (Å²) in [5, 5.41) is 3.51. The van der Waals surface area contributed by atoms with Gasteiger partial charge in [-0.05, 0) is 68.1 Å². The SMILES string of the molecule is CCNC(=O)[C@H](CC)N(Cc1ccc(OC)cc1)C(=O)COc1cc(C)c(Cl)c(C)c1. The lowest BCUT2D eigenvalue weighted by atomic mass is 10.1. The Balaban J connectivity index is 2.22. The third-order valence-corrected chi connectivity index (χ3v) is 5.62. The van der Waals surface area contributed by atoms with Crippen LogP contribution < -0.4 is 14.8 Å². The summed E-state index contributed by atoms with van der Waals surface area (Å²) in [4.78, 5) is 27.4. The van der Waals surface area contributed by atoms with Crippen LogP contribution in [0, 0.1) is 13.8 Å². The molecule has 6 nitrogen and oxygen atoms in total. The van der Waals surface area contributed by atoms with Gasteiger partial charge < -0.3 is 19.7 Å². The topological polar surface area (TPSA) is 67.9 Å². The predicted molar refractivity (Wildman–Crippen MR) is 123 cm³/mol. The fourth-order valence-electron chi connectivity index (χ4n) is 3.36. The van der Waals surface area contributed by atoms with E-state index in [0.29, 0.717) is 30.3 Å². The van der Waals surface area contributed by atoms with Gasteiger partial charge in [-0.25, -0.2) is 0 Å². The molecule has 168 valence electrons. The molecule has 2 aromatic rings. The van der Waals surface area contributed by atoms with Crippen LogP contribution in [0.15, 0.2) is 36.4 Å². The first kappa shape index (κ1) is 24.5. The first-order chi connectivity index (χ1) is 14.8. The van der Waals surface area contributed by atoms with Crippen LogP contribution in [-0.2, 0) is 16.1 Å². The Morgan fingerprint density at radius 3 is 2.19 bits per heavy atom. The van der Waals surface area contributed by atoms with E-state index in [1.165, 1.54) is 0 Å². The van der Waals surface area contributed by atoms with Crippen molar-refractivity contribution >= 4 is 23.4 Å². The molecule has 0 aliphatic heterocycles. The van der Waals surface area contributed by atoms with E-state index >= 15 is 0 Å². The fraction of sp³-hybridized carbons (Fsp3) is 0.417. The molecule has 0 heterocycles. The van der Waals surface area contributed by atoms with Crippen molar-refractivity contribution in [1.82, 2.24) is 10.2 Å². The second-order valence-electron chi connectivity index (χ2n) is 7.35. The van der Waals surface area contributed by atoms with Gasteiger partial charge in [-0.2, -0.15) is 0 Å². The minimum absolute atomic E-state index is 0.174. The number of amides is 2. The normalized spacial score (nSPS) is 11.5. The summed E-state index contributed by atoms with van der Waals surface area (Å²) in [6.07, 6.45) is 0.493. The molecule has 7 heteroatoms. The van der Waals surface area contributed by atoms with Crippen molar-refractivity contribution in [3.8, 4) is 11.5 Å². The lowest BCUT2D eigenvalue weighted by molar-refractivity contribution is -0.142. The second-order valence-corrected chi connectivity index (χ2v) is 7.73. The van der Waals surface area contributed by atoms with E-state index in [4.69, 9.17) is 21.1 Å². The third kappa shape index (κ3) is 6.62. The molecule has 0 aromatic heterocycles. The molecule has 0 fully saturated rings. The van der Waals surface area contributed by atoms with Crippen LogP contribution >= 0.6 is 11.6 Å². The van der Waals surface area contributed by atoms with Crippen molar-refractivity contribution in [2.45, 2.75) is 46.7 Å². The zero-order valence-corrected chi connectivity index (χ0v) is 19.6. The highest BCUT2D eigenvalue weighted by Crippen LogP contribution is 2.26. The monoisotopic (exact) mass is 446 g/mol. The number of ether oxygens (including phenoxy) is 2. The van der Waals surface area contributed by atoms with Crippen LogP contribution in [0.25, 0.3) is 0 Å². The maximum Gasteiger partial charge on any atom is 0.261 e. The minimum atomic E-state index is -0.591. The summed E-state index contributed by atoms with van der Waals surface area (Å²) < 4.78 is 11.0. The number of halogens is 1. The van der Waals surface area contributed by atoms with Gasteiger partial charge >= 0.3 is 0 Å². The minimum Gasteiger partial charge on any atom is -0.497 e. The van der Waals surface area contributed by atoms with Crippen LogP contribution in [0.4, 0.5) is 0 Å². The van der Waals surface area contributed by atoms with Crippen LogP contribution in [-0.4, -0.2) is 43.0 Å². The lowest BCUT2D eigenvalue weighted by Crippen LogP contribution is -2.50. The van der Waals surface area contributed by atoms with Crippen molar-refractivity contribution in [1.29, 1.82) is 0 Å². The van der Waals surface area contributed by atoms with E-state index in [1.807, 2.05) is 52.0 Å². The molecule has 1 atom stereocenters. The average Bonchev–Trinajstić information content (AvgIpc) is 2.76. The summed E-state index contributed by atoms with van der Waals surface area (Å²) in [7, 11) is 1.60. The molecule has 2 aromatic carbocycles. The lowest BCUT2D eigenvalue weighted by Gasteiger charge is -2.30. The van der Waals surface area contributed by atoms with Crippen LogP contribution in [0.5, 0.6) is 11.5 Å². The van der Waals surface area contributed by atoms with Crippen molar-refractivity contribution in [2.24, 2.45) is 0 Å². The van der Waals surface area contributed by atoms with Gasteiger partial charge in [0, 0.05) is 18.1 Å². The number of carbonyl (C=O) groups is 2. The van der Waals surface area contributed by atoms with Gasteiger partial charge in [-0.3, -0.25) is 9.59 Å². The molecule has 0 bridgehead atoms. The van der Waals surface area contributed by atoms with Crippen LogP contribution in [0.2, 0.25) is 5.02 Å². The smallest absolute Gasteiger partial charge is 0.261 e.